The smallest absolute Gasteiger partial charge is 0.184 e. The summed E-state index contributed by atoms with van der Waals surface area (Å²) in [6.45, 7) is 0. The molecule has 0 saturated carbocycles. The zero-order valence-corrected chi connectivity index (χ0v) is 11.0. The summed E-state index contributed by atoms with van der Waals surface area (Å²) in [5.41, 5.74) is 8.58. The topological polar surface area (TPSA) is 59.6 Å². The van der Waals surface area contributed by atoms with E-state index in [1.54, 1.807) is 13.3 Å². The molecule has 0 atom stereocenters. The third-order valence-corrected chi connectivity index (χ3v) is 2.52. The molecule has 0 amide bonds. The highest BCUT2D eigenvalue weighted by Crippen LogP contribution is 2.23. The number of nitrogens with two attached hydrogens (primary N) is 1. The number of rotatable bonds is 3. The number of nitrogens with one attached hydrogen (secondary N) is 1. The molecule has 4 nitrogen and oxygen atoms in total. The van der Waals surface area contributed by atoms with Crippen molar-refractivity contribution in [1.29, 1.82) is 0 Å². The first-order valence-corrected chi connectivity index (χ1v) is 5.55. The number of para-hydroxylation sites is 1. The molecular weight excluding hydrogens is 325 g/mol. The first-order valence-electron chi connectivity index (χ1n) is 4.06. The Hall–Kier alpha value is -0.890. The molecule has 0 fully saturated rings. The second kappa shape index (κ2) is 5.86. The van der Waals surface area contributed by atoms with Crippen molar-refractivity contribution in [2.45, 2.75) is 0 Å². The van der Waals surface area contributed by atoms with Gasteiger partial charge >= 0.3 is 0 Å². The highest BCUT2D eigenvalue weighted by Gasteiger charge is 2.03. The van der Waals surface area contributed by atoms with E-state index >= 15 is 0 Å². The average molecular weight is 335 g/mol. The van der Waals surface area contributed by atoms with Gasteiger partial charge < -0.3 is 10.5 Å². The molecular formula is C9H10IN3OS. The molecule has 0 saturated heterocycles. The highest BCUT2D eigenvalue weighted by atomic mass is 127. The molecule has 1 aromatic rings. The van der Waals surface area contributed by atoms with Gasteiger partial charge in [0, 0.05) is 5.56 Å². The van der Waals surface area contributed by atoms with E-state index in [0.29, 0.717) is 0 Å². The molecule has 0 aliphatic heterocycles. The predicted octanol–water partition coefficient (Wildman–Crippen LogP) is 1.47. The minimum atomic E-state index is 0.135. The second-order valence-corrected chi connectivity index (χ2v) is 4.20. The predicted molar refractivity (Wildman–Crippen MR) is 73.2 cm³/mol. The molecule has 0 aromatic heterocycles. The maximum absolute atomic E-state index is 5.24. The molecule has 0 bridgehead atoms. The number of ether oxygens (including phenoxy) is 1. The largest absolute Gasteiger partial charge is 0.495 e. The van der Waals surface area contributed by atoms with Crippen LogP contribution in [-0.2, 0) is 0 Å². The van der Waals surface area contributed by atoms with Crippen molar-refractivity contribution in [3.05, 3.63) is 27.3 Å². The Morgan fingerprint density at radius 1 is 1.67 bits per heavy atom. The van der Waals surface area contributed by atoms with E-state index in [1.807, 2.05) is 18.2 Å². The monoisotopic (exact) mass is 335 g/mol. The summed E-state index contributed by atoms with van der Waals surface area (Å²) in [4.78, 5) is 0. The Balaban J connectivity index is 2.89. The number of hydrogen-bond acceptors (Lipinski definition) is 3. The minimum absolute atomic E-state index is 0.135. The summed E-state index contributed by atoms with van der Waals surface area (Å²) in [5, 5.41) is 4.00. The summed E-state index contributed by atoms with van der Waals surface area (Å²) < 4.78 is 6.27. The van der Waals surface area contributed by atoms with Crippen molar-refractivity contribution in [2.75, 3.05) is 7.11 Å². The van der Waals surface area contributed by atoms with Gasteiger partial charge in [0.25, 0.3) is 0 Å². The van der Waals surface area contributed by atoms with Gasteiger partial charge in [-0.1, -0.05) is 6.07 Å². The number of benzene rings is 1. The molecule has 80 valence electrons. The van der Waals surface area contributed by atoms with Crippen LogP contribution in [0.1, 0.15) is 5.56 Å². The van der Waals surface area contributed by atoms with Gasteiger partial charge in [0.2, 0.25) is 0 Å². The Kier molecular flexibility index (Phi) is 4.76. The highest BCUT2D eigenvalue weighted by molar-refractivity contribution is 14.1. The summed E-state index contributed by atoms with van der Waals surface area (Å²) in [6, 6.07) is 5.77. The number of nitrogens with zero attached hydrogens (tertiary/aromatic N) is 1. The van der Waals surface area contributed by atoms with Crippen LogP contribution in [0.3, 0.4) is 0 Å². The molecule has 3 N–H and O–H groups in total. The fourth-order valence-corrected chi connectivity index (χ4v) is 1.80. The molecule has 0 unspecified atom stereocenters. The zero-order valence-electron chi connectivity index (χ0n) is 8.03. The average Bonchev–Trinajstić information content (AvgIpc) is 2.17. The third kappa shape index (κ3) is 3.63. The lowest BCUT2D eigenvalue weighted by Gasteiger charge is -2.06. The Labute approximate surface area is 107 Å². The Morgan fingerprint density at radius 2 is 2.40 bits per heavy atom. The fraction of sp³-hybridized carbons (Fsp3) is 0.111. The molecule has 15 heavy (non-hydrogen) atoms. The SMILES string of the molecule is COc1c(I)cccc1C=NNC(N)=S. The van der Waals surface area contributed by atoms with Crippen LogP contribution in [-0.4, -0.2) is 18.4 Å². The van der Waals surface area contributed by atoms with Crippen molar-refractivity contribution in [2.24, 2.45) is 10.8 Å². The Morgan fingerprint density at radius 3 is 3.00 bits per heavy atom. The lowest BCUT2D eigenvalue weighted by atomic mass is 10.2. The van der Waals surface area contributed by atoms with Crippen LogP contribution in [0.2, 0.25) is 0 Å². The van der Waals surface area contributed by atoms with Crippen LogP contribution in [0.15, 0.2) is 23.3 Å². The molecule has 1 aromatic carbocycles. The van der Waals surface area contributed by atoms with Crippen molar-refractivity contribution < 1.29 is 4.74 Å². The van der Waals surface area contributed by atoms with Gasteiger partial charge in [-0.2, -0.15) is 5.10 Å². The van der Waals surface area contributed by atoms with Crippen LogP contribution in [0.25, 0.3) is 0 Å². The molecule has 0 spiro atoms. The van der Waals surface area contributed by atoms with Crippen molar-refractivity contribution in [1.82, 2.24) is 5.43 Å². The summed E-state index contributed by atoms with van der Waals surface area (Å²) in [7, 11) is 1.62. The molecule has 6 heteroatoms. The lowest BCUT2D eigenvalue weighted by molar-refractivity contribution is 0.411. The molecule has 0 aliphatic carbocycles. The van der Waals surface area contributed by atoms with Crippen LogP contribution >= 0.6 is 34.8 Å². The number of thiocarbonyl (C=S) groups is 1. The van der Waals surface area contributed by atoms with Crippen molar-refractivity contribution in [3.8, 4) is 5.75 Å². The van der Waals surface area contributed by atoms with Crippen LogP contribution in [0.4, 0.5) is 0 Å². The van der Waals surface area contributed by atoms with E-state index in [-0.39, 0.29) is 5.11 Å². The van der Waals surface area contributed by atoms with Gasteiger partial charge in [0.15, 0.2) is 5.11 Å². The molecule has 0 heterocycles. The van der Waals surface area contributed by atoms with Crippen LogP contribution < -0.4 is 15.9 Å². The Bertz CT molecular complexity index is 395. The standard InChI is InChI=1S/C9H10IN3OS/c1-14-8-6(3-2-4-7(8)10)5-12-13-9(11)15/h2-5H,1H3,(H3,11,13,15). The van der Waals surface area contributed by atoms with Crippen LogP contribution in [0, 0.1) is 3.57 Å². The quantitative estimate of drug-likeness (QED) is 0.380. The second-order valence-electron chi connectivity index (χ2n) is 2.60. The number of methoxy groups -OCH3 is 1. The van der Waals surface area contributed by atoms with Gasteiger partial charge in [0.05, 0.1) is 16.9 Å². The maximum atomic E-state index is 5.24. The van der Waals surface area contributed by atoms with E-state index < -0.39 is 0 Å². The van der Waals surface area contributed by atoms with Crippen molar-refractivity contribution >= 4 is 46.1 Å². The van der Waals surface area contributed by atoms with Crippen molar-refractivity contribution in [3.63, 3.8) is 0 Å². The van der Waals surface area contributed by atoms with Crippen LogP contribution in [0.5, 0.6) is 5.75 Å². The molecule has 1 rings (SSSR count). The normalized spacial score (nSPS) is 10.3. The third-order valence-electron chi connectivity index (χ3n) is 1.58. The molecule has 0 radical (unpaired) electrons. The summed E-state index contributed by atoms with van der Waals surface area (Å²) >= 11 is 6.81. The summed E-state index contributed by atoms with van der Waals surface area (Å²) in [6.07, 6.45) is 1.61. The fourth-order valence-electron chi connectivity index (χ4n) is 1.01. The maximum Gasteiger partial charge on any atom is 0.184 e. The van der Waals surface area contributed by atoms with E-state index in [4.69, 9.17) is 10.5 Å². The van der Waals surface area contributed by atoms with E-state index in [9.17, 15) is 0 Å². The van der Waals surface area contributed by atoms with Gasteiger partial charge in [-0.25, -0.2) is 0 Å². The van der Waals surface area contributed by atoms with E-state index in [0.717, 1.165) is 14.9 Å². The zero-order chi connectivity index (χ0) is 11.3. The summed E-state index contributed by atoms with van der Waals surface area (Å²) in [5.74, 6) is 0.784. The van der Waals surface area contributed by atoms with E-state index in [1.165, 1.54) is 0 Å². The van der Waals surface area contributed by atoms with Gasteiger partial charge in [-0.3, -0.25) is 5.43 Å². The lowest BCUT2D eigenvalue weighted by Crippen LogP contribution is -2.24. The number of hydrazone groups is 1. The first kappa shape index (κ1) is 12.2. The van der Waals surface area contributed by atoms with Gasteiger partial charge in [-0.15, -0.1) is 0 Å². The van der Waals surface area contributed by atoms with E-state index in [2.05, 4.69) is 45.3 Å². The molecule has 0 aliphatic rings. The van der Waals surface area contributed by atoms with Gasteiger partial charge in [-0.05, 0) is 46.9 Å². The first-order chi connectivity index (χ1) is 7.15. The van der Waals surface area contributed by atoms with Gasteiger partial charge in [0.1, 0.15) is 5.75 Å². The minimum Gasteiger partial charge on any atom is -0.495 e. The number of hydrogen-bond donors (Lipinski definition) is 2. The number of halogens is 1.